The van der Waals surface area contributed by atoms with Crippen LogP contribution in [0.25, 0.3) is 28.0 Å². The zero-order chi connectivity index (χ0) is 21.3. The van der Waals surface area contributed by atoms with Crippen LogP contribution in [-0.2, 0) is 16.3 Å². The van der Waals surface area contributed by atoms with Gasteiger partial charge in [0.2, 0.25) is 0 Å². The van der Waals surface area contributed by atoms with E-state index >= 15 is 0 Å². The molecule has 154 valence electrons. The highest BCUT2D eigenvalue weighted by Crippen LogP contribution is 2.35. The summed E-state index contributed by atoms with van der Waals surface area (Å²) in [7, 11) is -3.30. The van der Waals surface area contributed by atoms with Crippen molar-refractivity contribution in [1.29, 1.82) is 0 Å². The van der Waals surface area contributed by atoms with Gasteiger partial charge in [0.05, 0.1) is 22.3 Å². The number of unbranched alkanes of at least 4 members (excludes halogenated alkanes) is 1. The molecule has 0 aliphatic heterocycles. The molecule has 4 rings (SSSR count). The minimum Gasteiger partial charge on any atom is -0.224 e. The highest BCUT2D eigenvalue weighted by Gasteiger charge is 2.20. The van der Waals surface area contributed by atoms with Crippen LogP contribution in [0.1, 0.15) is 25.5 Å². The summed E-state index contributed by atoms with van der Waals surface area (Å²) in [5, 5.41) is 13.3. The first-order valence-corrected chi connectivity index (χ1v) is 11.6. The lowest BCUT2D eigenvalue weighted by atomic mass is 10.0. The van der Waals surface area contributed by atoms with Gasteiger partial charge >= 0.3 is 0 Å². The van der Waals surface area contributed by atoms with Crippen LogP contribution in [0.5, 0.6) is 0 Å². The number of nitrogens with zero attached hydrogens (tertiary/aromatic N) is 4. The Balaban J connectivity index is 1.95. The minimum atomic E-state index is -3.30. The summed E-state index contributed by atoms with van der Waals surface area (Å²) in [6.07, 6.45) is 5.72. The molecule has 0 radical (unpaired) electrons. The maximum atomic E-state index is 13.5. The average Bonchev–Trinajstić information content (AvgIpc) is 3.12. The van der Waals surface area contributed by atoms with Gasteiger partial charge in [0.15, 0.2) is 15.5 Å². The predicted molar refractivity (Wildman–Crippen MR) is 113 cm³/mol. The average molecular weight is 425 g/mol. The Bertz CT molecular complexity index is 1300. The molecule has 0 spiro atoms. The van der Waals surface area contributed by atoms with E-state index in [1.165, 1.54) is 18.4 Å². The van der Waals surface area contributed by atoms with Crippen molar-refractivity contribution in [3.8, 4) is 22.4 Å². The quantitative estimate of drug-likeness (QED) is 0.460. The summed E-state index contributed by atoms with van der Waals surface area (Å²) >= 11 is 0. The third-order valence-corrected chi connectivity index (χ3v) is 6.10. The molecule has 30 heavy (non-hydrogen) atoms. The van der Waals surface area contributed by atoms with Crippen LogP contribution in [0.4, 0.5) is 4.39 Å². The second-order valence-electron chi connectivity index (χ2n) is 7.20. The molecule has 2 aromatic carbocycles. The fourth-order valence-electron chi connectivity index (χ4n) is 3.38. The van der Waals surface area contributed by atoms with Gasteiger partial charge in [0, 0.05) is 11.8 Å². The highest BCUT2D eigenvalue weighted by atomic mass is 32.2. The molecule has 0 saturated heterocycles. The first kappa shape index (κ1) is 20.2. The largest absolute Gasteiger partial charge is 0.224 e. The lowest BCUT2D eigenvalue weighted by Crippen LogP contribution is -2.02. The van der Waals surface area contributed by atoms with Gasteiger partial charge in [-0.15, -0.1) is 5.10 Å². The minimum absolute atomic E-state index is 0.238. The van der Waals surface area contributed by atoms with Crippen molar-refractivity contribution in [2.45, 2.75) is 31.1 Å². The van der Waals surface area contributed by atoms with Crippen molar-refractivity contribution < 1.29 is 12.8 Å². The van der Waals surface area contributed by atoms with E-state index in [9.17, 15) is 12.8 Å². The molecule has 0 bridgehead atoms. The fourth-order valence-corrected chi connectivity index (χ4v) is 4.01. The zero-order valence-electron chi connectivity index (χ0n) is 16.7. The van der Waals surface area contributed by atoms with Crippen LogP contribution >= 0.6 is 0 Å². The molecular formula is C22H21FN4O2S. The van der Waals surface area contributed by atoms with Crippen molar-refractivity contribution in [2.75, 3.05) is 6.26 Å². The van der Waals surface area contributed by atoms with Crippen molar-refractivity contribution in [2.24, 2.45) is 0 Å². The monoisotopic (exact) mass is 424 g/mol. The Hall–Kier alpha value is -3.13. The number of halogens is 1. The van der Waals surface area contributed by atoms with Gasteiger partial charge in [-0.1, -0.05) is 37.6 Å². The van der Waals surface area contributed by atoms with Gasteiger partial charge in [-0.2, -0.15) is 10.2 Å². The van der Waals surface area contributed by atoms with E-state index < -0.39 is 9.84 Å². The molecule has 0 atom stereocenters. The number of aryl methyl sites for hydroxylation is 1. The molecule has 0 aliphatic rings. The van der Waals surface area contributed by atoms with E-state index in [2.05, 4.69) is 17.1 Å². The number of fused-ring (bicyclic) bond motifs is 1. The van der Waals surface area contributed by atoms with Gasteiger partial charge in [0.1, 0.15) is 11.5 Å². The molecule has 8 heteroatoms. The number of hydrogen-bond donors (Lipinski definition) is 0. The normalized spacial score (nSPS) is 11.8. The van der Waals surface area contributed by atoms with E-state index in [-0.39, 0.29) is 10.7 Å². The molecule has 4 aromatic rings. The van der Waals surface area contributed by atoms with Gasteiger partial charge in [-0.25, -0.2) is 17.3 Å². The van der Waals surface area contributed by atoms with Gasteiger partial charge in [-0.05, 0) is 42.7 Å². The number of sulfone groups is 1. The summed E-state index contributed by atoms with van der Waals surface area (Å²) < 4.78 is 38.9. The molecule has 0 amide bonds. The lowest BCUT2D eigenvalue weighted by molar-refractivity contribution is 0.602. The smallest absolute Gasteiger partial charge is 0.186 e. The number of rotatable bonds is 6. The number of aromatic nitrogens is 4. The van der Waals surface area contributed by atoms with Crippen molar-refractivity contribution in [3.63, 3.8) is 0 Å². The van der Waals surface area contributed by atoms with Crippen LogP contribution < -0.4 is 0 Å². The molecule has 0 aliphatic carbocycles. The molecular weight excluding hydrogens is 403 g/mol. The first-order valence-electron chi connectivity index (χ1n) is 9.68. The van der Waals surface area contributed by atoms with Gasteiger partial charge < -0.3 is 0 Å². The summed E-state index contributed by atoms with van der Waals surface area (Å²) in [5.74, 6) is -0.330. The Morgan fingerprint density at radius 1 is 1.00 bits per heavy atom. The molecule has 6 nitrogen and oxygen atoms in total. The Morgan fingerprint density at radius 2 is 1.67 bits per heavy atom. The second-order valence-corrected chi connectivity index (χ2v) is 9.22. The van der Waals surface area contributed by atoms with E-state index in [4.69, 9.17) is 5.10 Å². The van der Waals surface area contributed by atoms with E-state index in [1.54, 1.807) is 47.1 Å². The summed E-state index contributed by atoms with van der Waals surface area (Å²) in [4.78, 5) is 0.238. The molecule has 2 heterocycles. The SMILES string of the molecule is CCCCc1cnnc2c(-c3ccc(F)cc3)c(-c3ccc(S(C)(=O)=O)cc3)nn12. The molecule has 0 saturated carbocycles. The molecule has 0 N–H and O–H groups in total. The van der Waals surface area contributed by atoms with E-state index in [0.29, 0.717) is 11.3 Å². The third kappa shape index (κ3) is 3.82. The number of benzene rings is 2. The van der Waals surface area contributed by atoms with Crippen LogP contribution in [0.15, 0.2) is 59.6 Å². The zero-order valence-corrected chi connectivity index (χ0v) is 17.5. The van der Waals surface area contributed by atoms with Crippen LogP contribution in [0.3, 0.4) is 0 Å². The molecule has 2 aromatic heterocycles. The van der Waals surface area contributed by atoms with Crippen molar-refractivity contribution in [3.05, 3.63) is 66.2 Å². The predicted octanol–water partition coefficient (Wildman–Crippen LogP) is 4.34. The second kappa shape index (κ2) is 7.95. The third-order valence-electron chi connectivity index (χ3n) is 4.97. The van der Waals surface area contributed by atoms with E-state index in [0.717, 1.165) is 41.6 Å². The maximum Gasteiger partial charge on any atom is 0.186 e. The van der Waals surface area contributed by atoms with Crippen LogP contribution in [0, 0.1) is 5.82 Å². The first-order chi connectivity index (χ1) is 14.4. The Morgan fingerprint density at radius 3 is 2.30 bits per heavy atom. The van der Waals surface area contributed by atoms with Crippen LogP contribution in [-0.4, -0.2) is 34.5 Å². The highest BCUT2D eigenvalue weighted by molar-refractivity contribution is 7.90. The Labute approximate surface area is 174 Å². The standard InChI is InChI=1S/C22H21FN4O2S/c1-3-4-5-18-14-24-25-22-20(15-6-10-17(23)11-7-15)21(26-27(18)22)16-8-12-19(13-9-16)30(2,28)29/h6-14H,3-5H2,1-2H3. The summed E-state index contributed by atoms with van der Waals surface area (Å²) in [6, 6.07) is 12.7. The maximum absolute atomic E-state index is 13.5. The lowest BCUT2D eigenvalue weighted by Gasteiger charge is -2.05. The Kier molecular flexibility index (Phi) is 5.34. The summed E-state index contributed by atoms with van der Waals surface area (Å²) in [6.45, 7) is 2.12. The van der Waals surface area contributed by atoms with Gasteiger partial charge in [0.25, 0.3) is 0 Å². The van der Waals surface area contributed by atoms with E-state index in [1.807, 2.05) is 0 Å². The fraction of sp³-hybridized carbons (Fsp3) is 0.227. The van der Waals surface area contributed by atoms with Crippen LogP contribution in [0.2, 0.25) is 0 Å². The van der Waals surface area contributed by atoms with Crippen molar-refractivity contribution >= 4 is 15.5 Å². The van der Waals surface area contributed by atoms with Gasteiger partial charge in [-0.3, -0.25) is 0 Å². The van der Waals surface area contributed by atoms with Crippen molar-refractivity contribution in [1.82, 2.24) is 19.8 Å². The number of hydrogen-bond acceptors (Lipinski definition) is 5. The molecule has 0 fully saturated rings. The topological polar surface area (TPSA) is 77.2 Å². The molecule has 0 unspecified atom stereocenters. The summed E-state index contributed by atoms with van der Waals surface area (Å²) in [5.41, 5.74) is 4.39.